The number of aromatic nitrogens is 2. The first-order valence-electron chi connectivity index (χ1n) is 7.26. The zero-order valence-corrected chi connectivity index (χ0v) is 13.8. The minimum absolute atomic E-state index is 0.0601. The summed E-state index contributed by atoms with van der Waals surface area (Å²) in [6, 6.07) is 5.50. The molecule has 0 unspecified atom stereocenters. The van der Waals surface area contributed by atoms with Gasteiger partial charge in [0.2, 0.25) is 5.91 Å². The van der Waals surface area contributed by atoms with Gasteiger partial charge in [-0.05, 0) is 37.1 Å². The van der Waals surface area contributed by atoms with Crippen LogP contribution in [-0.2, 0) is 10.0 Å². The molecule has 2 aromatic rings. The molecular weight excluding hydrogens is 340 g/mol. The van der Waals surface area contributed by atoms with Crippen molar-refractivity contribution < 1.29 is 13.2 Å². The quantitative estimate of drug-likeness (QED) is 0.847. The van der Waals surface area contributed by atoms with Crippen molar-refractivity contribution in [2.24, 2.45) is 5.92 Å². The lowest BCUT2D eigenvalue weighted by Crippen LogP contribution is -2.34. The molecule has 0 amide bonds. The summed E-state index contributed by atoms with van der Waals surface area (Å²) in [6.45, 7) is 0. The lowest BCUT2D eigenvalue weighted by Gasteiger charge is -2.07. The second kappa shape index (κ2) is 5.98. The SMILES string of the molecule is O=C(C1CCCC1)n1ccn(S(=O)(=O)c2ccc(Cl)cc2)c1=O. The summed E-state index contributed by atoms with van der Waals surface area (Å²) >= 11 is 5.75. The summed E-state index contributed by atoms with van der Waals surface area (Å²) in [5.41, 5.74) is -0.864. The smallest absolute Gasteiger partial charge is 0.274 e. The number of imidazole rings is 1. The van der Waals surface area contributed by atoms with Crippen molar-refractivity contribution in [3.8, 4) is 0 Å². The standard InChI is InChI=1S/C15H15ClN2O4S/c16-12-5-7-13(8-6-12)23(21,22)18-10-9-17(15(18)20)14(19)11-3-1-2-4-11/h5-11H,1-4H2. The molecule has 1 aromatic carbocycles. The second-order valence-corrected chi connectivity index (χ2v) is 7.78. The van der Waals surface area contributed by atoms with Gasteiger partial charge in [-0.25, -0.2) is 17.8 Å². The molecule has 0 bridgehead atoms. The first-order valence-corrected chi connectivity index (χ1v) is 9.08. The van der Waals surface area contributed by atoms with Gasteiger partial charge in [0.05, 0.1) is 4.90 Å². The van der Waals surface area contributed by atoms with Gasteiger partial charge in [-0.15, -0.1) is 0 Å². The van der Waals surface area contributed by atoms with E-state index in [1.54, 1.807) is 0 Å². The average molecular weight is 355 g/mol. The number of hydrogen-bond acceptors (Lipinski definition) is 4. The van der Waals surface area contributed by atoms with E-state index in [1.165, 1.54) is 30.5 Å². The molecule has 0 saturated heterocycles. The first kappa shape index (κ1) is 16.0. The molecule has 1 aliphatic carbocycles. The molecule has 1 fully saturated rings. The molecule has 3 rings (SSSR count). The maximum absolute atomic E-state index is 12.5. The maximum Gasteiger partial charge on any atom is 0.349 e. The van der Waals surface area contributed by atoms with Crippen LogP contribution in [0.15, 0.2) is 46.3 Å². The molecule has 0 aliphatic heterocycles. The Morgan fingerprint density at radius 2 is 1.70 bits per heavy atom. The van der Waals surface area contributed by atoms with Gasteiger partial charge in [-0.2, -0.15) is 3.97 Å². The molecule has 1 aromatic heterocycles. The molecule has 6 nitrogen and oxygen atoms in total. The molecule has 0 atom stereocenters. The van der Waals surface area contributed by atoms with Crippen molar-refractivity contribution in [1.29, 1.82) is 0 Å². The van der Waals surface area contributed by atoms with Gasteiger partial charge in [0.1, 0.15) is 0 Å². The number of benzene rings is 1. The molecule has 8 heteroatoms. The number of carbonyl (C=O) groups is 1. The van der Waals surface area contributed by atoms with Crippen LogP contribution in [0.2, 0.25) is 5.02 Å². The second-order valence-electron chi connectivity index (χ2n) is 5.53. The lowest BCUT2D eigenvalue weighted by atomic mass is 10.1. The minimum atomic E-state index is -4.05. The van der Waals surface area contributed by atoms with Crippen LogP contribution >= 0.6 is 11.6 Å². The molecular formula is C15H15ClN2O4S. The summed E-state index contributed by atoms with van der Waals surface area (Å²) in [7, 11) is -4.05. The van der Waals surface area contributed by atoms with Crippen molar-refractivity contribution in [2.75, 3.05) is 0 Å². The Balaban J connectivity index is 1.99. The molecule has 1 aliphatic rings. The van der Waals surface area contributed by atoms with Crippen LogP contribution in [0.4, 0.5) is 0 Å². The van der Waals surface area contributed by atoms with Crippen molar-refractivity contribution in [3.05, 3.63) is 52.2 Å². The number of halogens is 1. The van der Waals surface area contributed by atoms with Crippen LogP contribution < -0.4 is 5.69 Å². The summed E-state index contributed by atoms with van der Waals surface area (Å²) in [5, 5.41) is 0.394. The molecule has 0 N–H and O–H groups in total. The monoisotopic (exact) mass is 354 g/mol. The predicted octanol–water partition coefficient (Wildman–Crippen LogP) is 2.37. The molecule has 23 heavy (non-hydrogen) atoms. The minimum Gasteiger partial charge on any atom is -0.274 e. The van der Waals surface area contributed by atoms with Gasteiger partial charge >= 0.3 is 5.69 Å². The fourth-order valence-corrected chi connectivity index (χ4v) is 4.14. The van der Waals surface area contributed by atoms with E-state index in [2.05, 4.69) is 0 Å². The van der Waals surface area contributed by atoms with Crippen LogP contribution in [-0.4, -0.2) is 22.9 Å². The van der Waals surface area contributed by atoms with E-state index in [4.69, 9.17) is 11.6 Å². The highest BCUT2D eigenvalue weighted by Gasteiger charge is 2.28. The number of hydrogen-bond donors (Lipinski definition) is 0. The van der Waals surface area contributed by atoms with E-state index >= 15 is 0 Å². The van der Waals surface area contributed by atoms with E-state index in [0.29, 0.717) is 9.00 Å². The van der Waals surface area contributed by atoms with Crippen LogP contribution in [0.1, 0.15) is 30.5 Å². The van der Waals surface area contributed by atoms with E-state index in [9.17, 15) is 18.0 Å². The number of nitrogens with zero attached hydrogens (tertiary/aromatic N) is 2. The van der Waals surface area contributed by atoms with E-state index in [-0.39, 0.29) is 16.7 Å². The molecule has 122 valence electrons. The Bertz CT molecular complexity index is 890. The first-order chi connectivity index (χ1) is 10.9. The third-order valence-electron chi connectivity index (χ3n) is 4.06. The Labute approximate surface area is 138 Å². The van der Waals surface area contributed by atoms with Crippen LogP contribution in [0.5, 0.6) is 0 Å². The summed E-state index contributed by atoms with van der Waals surface area (Å²) < 4.78 is 26.5. The van der Waals surface area contributed by atoms with Crippen molar-refractivity contribution >= 4 is 27.5 Å². The van der Waals surface area contributed by atoms with E-state index < -0.39 is 15.7 Å². The van der Waals surface area contributed by atoms with Gasteiger partial charge < -0.3 is 0 Å². The highest BCUT2D eigenvalue weighted by Crippen LogP contribution is 2.25. The van der Waals surface area contributed by atoms with Gasteiger partial charge in [-0.3, -0.25) is 4.79 Å². The third-order valence-corrected chi connectivity index (χ3v) is 5.97. The van der Waals surface area contributed by atoms with Crippen LogP contribution in [0, 0.1) is 5.92 Å². The summed E-state index contributed by atoms with van der Waals surface area (Å²) in [6.07, 6.45) is 5.71. The molecule has 0 spiro atoms. The lowest BCUT2D eigenvalue weighted by molar-refractivity contribution is 0.0832. The van der Waals surface area contributed by atoms with Gasteiger partial charge in [-0.1, -0.05) is 24.4 Å². The number of rotatable bonds is 3. The van der Waals surface area contributed by atoms with Gasteiger partial charge in [0, 0.05) is 23.3 Å². The Kier molecular flexibility index (Phi) is 4.16. The summed E-state index contributed by atoms with van der Waals surface area (Å²) in [5.74, 6) is -0.542. The zero-order valence-electron chi connectivity index (χ0n) is 12.2. The van der Waals surface area contributed by atoms with Crippen molar-refractivity contribution in [3.63, 3.8) is 0 Å². The Morgan fingerprint density at radius 1 is 1.09 bits per heavy atom. The normalized spacial score (nSPS) is 15.9. The Morgan fingerprint density at radius 3 is 2.30 bits per heavy atom. The van der Waals surface area contributed by atoms with Crippen LogP contribution in [0.3, 0.4) is 0 Å². The van der Waals surface area contributed by atoms with Gasteiger partial charge in [0.15, 0.2) is 0 Å². The highest BCUT2D eigenvalue weighted by atomic mass is 35.5. The van der Waals surface area contributed by atoms with Crippen molar-refractivity contribution in [1.82, 2.24) is 8.54 Å². The maximum atomic E-state index is 12.5. The molecule has 0 radical (unpaired) electrons. The predicted molar refractivity (Wildman–Crippen MR) is 85.3 cm³/mol. The van der Waals surface area contributed by atoms with E-state index in [0.717, 1.165) is 36.4 Å². The summed E-state index contributed by atoms with van der Waals surface area (Å²) in [4.78, 5) is 24.6. The fraction of sp³-hybridized carbons (Fsp3) is 0.333. The van der Waals surface area contributed by atoms with E-state index in [1.807, 2.05) is 0 Å². The van der Waals surface area contributed by atoms with Crippen LogP contribution in [0.25, 0.3) is 0 Å². The largest absolute Gasteiger partial charge is 0.349 e. The zero-order chi connectivity index (χ0) is 16.6. The number of carbonyl (C=O) groups excluding carboxylic acids is 1. The third kappa shape index (κ3) is 2.86. The Hall–Kier alpha value is -1.86. The molecule has 1 saturated carbocycles. The van der Waals surface area contributed by atoms with Crippen molar-refractivity contribution in [2.45, 2.75) is 30.6 Å². The molecule has 1 heterocycles. The van der Waals surface area contributed by atoms with Gasteiger partial charge in [0.25, 0.3) is 10.0 Å². The highest BCUT2D eigenvalue weighted by molar-refractivity contribution is 7.90. The topological polar surface area (TPSA) is 78.1 Å². The average Bonchev–Trinajstić information content (AvgIpc) is 3.16. The fourth-order valence-electron chi connectivity index (χ4n) is 2.80.